The molecule has 0 spiro atoms. The van der Waals surface area contributed by atoms with E-state index in [2.05, 4.69) is 22.5 Å². The fraction of sp³-hybridized carbons (Fsp3) is 0.250. The van der Waals surface area contributed by atoms with Crippen molar-refractivity contribution in [3.8, 4) is 5.75 Å². The molecule has 0 radical (unpaired) electrons. The second-order valence-electron chi connectivity index (χ2n) is 5.20. The number of carbonyl (C=O) groups is 4. The van der Waals surface area contributed by atoms with Crippen molar-refractivity contribution in [3.05, 3.63) is 54.4 Å². The molecule has 0 aliphatic rings. The summed E-state index contributed by atoms with van der Waals surface area (Å²) in [5.74, 6) is -4.20. The zero-order valence-electron chi connectivity index (χ0n) is 17.1. The number of nitrogens with zero attached hydrogens (tertiary/aromatic N) is 1. The lowest BCUT2D eigenvalue weighted by Gasteiger charge is -2.02. The lowest BCUT2D eigenvalue weighted by Crippen LogP contribution is -2.05. The zero-order valence-corrected chi connectivity index (χ0v) is 17.1. The van der Waals surface area contributed by atoms with Crippen molar-refractivity contribution in [2.75, 3.05) is 20.2 Å². The summed E-state index contributed by atoms with van der Waals surface area (Å²) in [6, 6.07) is 1.99. The topological polar surface area (TPSA) is 183 Å². The highest BCUT2D eigenvalue weighted by Gasteiger charge is 1.93. The number of rotatable bonds is 10. The second kappa shape index (κ2) is 19.3. The van der Waals surface area contributed by atoms with Crippen molar-refractivity contribution in [1.29, 1.82) is 0 Å². The molecule has 0 saturated heterocycles. The predicted molar refractivity (Wildman–Crippen MR) is 112 cm³/mol. The van der Waals surface area contributed by atoms with E-state index < -0.39 is 23.9 Å². The largest absolute Gasteiger partial charge is 0.492 e. The molecule has 1 aromatic heterocycles. The van der Waals surface area contributed by atoms with E-state index in [-0.39, 0.29) is 0 Å². The Morgan fingerprint density at radius 3 is 1.81 bits per heavy atom. The lowest BCUT2D eigenvalue weighted by molar-refractivity contribution is -0.134. The van der Waals surface area contributed by atoms with Gasteiger partial charge < -0.3 is 30.5 Å². The average Bonchev–Trinajstić information content (AvgIpc) is 2.70. The van der Waals surface area contributed by atoms with E-state index >= 15 is 0 Å². The highest BCUT2D eigenvalue weighted by Crippen LogP contribution is 2.12. The standard InChI is InChI=1S/C12H18N2O.2C4H4O4/c1-3-15-12-8-11(9-14-10-12)6-4-5-7-13-2;2*5-3(6)1-2-4(7)8/h4,6,8-10,13H,3,5,7H2,1-2H3;2*1-2H,(H,5,6)(H,7,8)/b6-4+;2-1+;. The van der Waals surface area contributed by atoms with Crippen molar-refractivity contribution in [2.45, 2.75) is 13.3 Å². The summed E-state index contributed by atoms with van der Waals surface area (Å²) >= 11 is 0. The number of pyridine rings is 1. The quantitative estimate of drug-likeness (QED) is 0.264. The maximum atomic E-state index is 9.55. The molecule has 0 bridgehead atoms. The summed E-state index contributed by atoms with van der Waals surface area (Å²) in [5, 5.41) is 34.3. The van der Waals surface area contributed by atoms with Crippen LogP contribution >= 0.6 is 0 Å². The summed E-state index contributed by atoms with van der Waals surface area (Å²) < 4.78 is 5.37. The van der Waals surface area contributed by atoms with Crippen LogP contribution in [0.2, 0.25) is 0 Å². The van der Waals surface area contributed by atoms with E-state index in [1.807, 2.05) is 26.2 Å². The van der Waals surface area contributed by atoms with E-state index in [0.29, 0.717) is 30.9 Å². The molecular weight excluding hydrogens is 412 g/mol. The van der Waals surface area contributed by atoms with Gasteiger partial charge in [0.1, 0.15) is 5.75 Å². The highest BCUT2D eigenvalue weighted by molar-refractivity contribution is 5.90. The number of carboxylic acids is 4. The normalized spacial score (nSPS) is 10.1. The van der Waals surface area contributed by atoms with E-state index in [4.69, 9.17) is 25.2 Å². The third kappa shape index (κ3) is 24.0. The molecule has 0 atom stereocenters. The Bertz CT molecular complexity index is 721. The fourth-order valence-electron chi connectivity index (χ4n) is 1.50. The molecule has 0 fully saturated rings. The third-order valence-corrected chi connectivity index (χ3v) is 2.65. The van der Waals surface area contributed by atoms with Gasteiger partial charge in [0, 0.05) is 30.5 Å². The van der Waals surface area contributed by atoms with Gasteiger partial charge in [-0.15, -0.1) is 0 Å². The van der Waals surface area contributed by atoms with Crippen molar-refractivity contribution < 1.29 is 44.3 Å². The maximum absolute atomic E-state index is 9.55. The Hall–Kier alpha value is -3.99. The van der Waals surface area contributed by atoms with Crippen LogP contribution in [-0.2, 0) is 19.2 Å². The Labute approximate surface area is 179 Å². The van der Waals surface area contributed by atoms with Crippen LogP contribution in [0.1, 0.15) is 18.9 Å². The smallest absolute Gasteiger partial charge is 0.328 e. The predicted octanol–water partition coefficient (Wildman–Crippen LogP) is 1.53. The first kappa shape index (κ1) is 29.2. The summed E-state index contributed by atoms with van der Waals surface area (Å²) in [5.41, 5.74) is 1.08. The summed E-state index contributed by atoms with van der Waals surface area (Å²) in [4.78, 5) is 42.3. The molecular formula is C20H26N2O9. The molecule has 1 heterocycles. The van der Waals surface area contributed by atoms with E-state index in [1.54, 1.807) is 6.20 Å². The Balaban J connectivity index is 0. The summed E-state index contributed by atoms with van der Waals surface area (Å²) in [7, 11) is 1.95. The van der Waals surface area contributed by atoms with Crippen LogP contribution in [0.4, 0.5) is 0 Å². The average molecular weight is 438 g/mol. The molecule has 1 aromatic rings. The van der Waals surface area contributed by atoms with Gasteiger partial charge in [0.15, 0.2) is 0 Å². The van der Waals surface area contributed by atoms with Gasteiger partial charge in [0.05, 0.1) is 12.8 Å². The second-order valence-corrected chi connectivity index (χ2v) is 5.20. The first-order chi connectivity index (χ1) is 14.6. The summed E-state index contributed by atoms with van der Waals surface area (Å²) in [6.07, 6.45) is 11.0. The van der Waals surface area contributed by atoms with Gasteiger partial charge in [-0.05, 0) is 38.6 Å². The van der Waals surface area contributed by atoms with Crippen molar-refractivity contribution in [3.63, 3.8) is 0 Å². The zero-order chi connectivity index (χ0) is 24.1. The molecule has 170 valence electrons. The number of hydrogen-bond acceptors (Lipinski definition) is 7. The van der Waals surface area contributed by atoms with Gasteiger partial charge in [-0.2, -0.15) is 0 Å². The van der Waals surface area contributed by atoms with Crippen LogP contribution in [-0.4, -0.2) is 69.5 Å². The molecule has 0 amide bonds. The number of aromatic nitrogens is 1. The minimum absolute atomic E-state index is 0.558. The number of nitrogens with one attached hydrogen (secondary N) is 1. The fourth-order valence-corrected chi connectivity index (χ4v) is 1.50. The first-order valence-corrected chi connectivity index (χ1v) is 8.79. The SMILES string of the molecule is CCOc1cncc(/C=C/CCNC)c1.O=C(O)/C=C/C(=O)O.O=C(O)C=CC(=O)O. The van der Waals surface area contributed by atoms with Crippen molar-refractivity contribution in [2.24, 2.45) is 0 Å². The van der Waals surface area contributed by atoms with Crippen LogP contribution in [0.15, 0.2) is 48.8 Å². The molecule has 5 N–H and O–H groups in total. The van der Waals surface area contributed by atoms with E-state index in [0.717, 1.165) is 24.3 Å². The molecule has 11 nitrogen and oxygen atoms in total. The molecule has 11 heteroatoms. The molecule has 0 aliphatic heterocycles. The van der Waals surface area contributed by atoms with Gasteiger partial charge in [-0.25, -0.2) is 19.2 Å². The maximum Gasteiger partial charge on any atom is 0.328 e. The Morgan fingerprint density at radius 1 is 0.935 bits per heavy atom. The lowest BCUT2D eigenvalue weighted by atomic mass is 10.2. The molecule has 0 aliphatic carbocycles. The van der Waals surface area contributed by atoms with Crippen LogP contribution in [0.25, 0.3) is 6.08 Å². The third-order valence-electron chi connectivity index (χ3n) is 2.65. The number of hydrogen-bond donors (Lipinski definition) is 5. The number of ether oxygens (including phenoxy) is 1. The van der Waals surface area contributed by atoms with Crippen molar-refractivity contribution >= 4 is 30.0 Å². The molecule has 31 heavy (non-hydrogen) atoms. The monoisotopic (exact) mass is 438 g/mol. The molecule has 0 aromatic carbocycles. The highest BCUT2D eigenvalue weighted by atomic mass is 16.5. The number of carboxylic acid groups (broad SMARTS) is 4. The first-order valence-electron chi connectivity index (χ1n) is 8.79. The Morgan fingerprint density at radius 2 is 1.42 bits per heavy atom. The van der Waals surface area contributed by atoms with Crippen molar-refractivity contribution in [1.82, 2.24) is 10.3 Å². The van der Waals surface area contributed by atoms with E-state index in [1.165, 1.54) is 0 Å². The van der Waals surface area contributed by atoms with E-state index in [9.17, 15) is 19.2 Å². The minimum Gasteiger partial charge on any atom is -0.492 e. The molecule has 0 unspecified atom stereocenters. The Kier molecular flexibility index (Phi) is 18.2. The number of aliphatic carboxylic acids is 4. The van der Waals surface area contributed by atoms with Gasteiger partial charge in [0.2, 0.25) is 0 Å². The molecule has 1 rings (SSSR count). The van der Waals surface area contributed by atoms with Gasteiger partial charge in [-0.1, -0.05) is 12.2 Å². The van der Waals surface area contributed by atoms with Crippen LogP contribution in [0.5, 0.6) is 5.75 Å². The molecule has 0 saturated carbocycles. The minimum atomic E-state index is -1.26. The van der Waals surface area contributed by atoms with Gasteiger partial charge >= 0.3 is 23.9 Å². The van der Waals surface area contributed by atoms with Crippen LogP contribution in [0, 0.1) is 0 Å². The summed E-state index contributed by atoms with van der Waals surface area (Å²) in [6.45, 7) is 3.64. The van der Waals surface area contributed by atoms with Crippen LogP contribution < -0.4 is 10.1 Å². The van der Waals surface area contributed by atoms with Crippen LogP contribution in [0.3, 0.4) is 0 Å². The van der Waals surface area contributed by atoms with Gasteiger partial charge in [-0.3, -0.25) is 4.98 Å². The van der Waals surface area contributed by atoms with Gasteiger partial charge in [0.25, 0.3) is 0 Å².